The molecule has 18 heavy (non-hydrogen) atoms. The van der Waals surface area contributed by atoms with E-state index in [2.05, 4.69) is 27.5 Å². The Balaban J connectivity index is 1.96. The van der Waals surface area contributed by atoms with Crippen LogP contribution < -0.4 is 10.6 Å². The van der Waals surface area contributed by atoms with Gasteiger partial charge in [-0.2, -0.15) is 0 Å². The second kappa shape index (κ2) is 6.54. The van der Waals surface area contributed by atoms with Gasteiger partial charge in [-0.1, -0.05) is 12.8 Å². The first-order valence-electron chi connectivity index (χ1n) is 6.66. The summed E-state index contributed by atoms with van der Waals surface area (Å²) in [6.07, 6.45) is 4.02. The predicted molar refractivity (Wildman–Crippen MR) is 72.7 cm³/mol. The minimum Gasteiger partial charge on any atom is -0.377 e. The van der Waals surface area contributed by atoms with E-state index in [0.29, 0.717) is 12.4 Å². The molecular formula is C13H22N4O. The van der Waals surface area contributed by atoms with Crippen molar-refractivity contribution in [2.24, 2.45) is 5.92 Å². The van der Waals surface area contributed by atoms with Crippen LogP contribution in [-0.2, 0) is 11.3 Å². The second-order valence-electron chi connectivity index (χ2n) is 4.68. The molecule has 1 aromatic heterocycles. The summed E-state index contributed by atoms with van der Waals surface area (Å²) < 4.78 is 5.09. The van der Waals surface area contributed by atoms with Gasteiger partial charge in [0.15, 0.2) is 5.82 Å². The van der Waals surface area contributed by atoms with Gasteiger partial charge in [-0.15, -0.1) is 0 Å². The summed E-state index contributed by atoms with van der Waals surface area (Å²) in [6.45, 7) is 4.33. The molecule has 5 heteroatoms. The number of hydrogen-bond acceptors (Lipinski definition) is 5. The lowest BCUT2D eigenvalue weighted by molar-refractivity contribution is 0.178. The fourth-order valence-corrected chi connectivity index (χ4v) is 1.86. The molecular weight excluding hydrogens is 228 g/mol. The van der Waals surface area contributed by atoms with Crippen molar-refractivity contribution in [2.45, 2.75) is 32.8 Å². The Bertz CT molecular complexity index is 355. The van der Waals surface area contributed by atoms with E-state index < -0.39 is 0 Å². The molecule has 1 fully saturated rings. The summed E-state index contributed by atoms with van der Waals surface area (Å²) in [5.74, 6) is 3.39. The molecule has 0 atom stereocenters. The largest absolute Gasteiger partial charge is 0.377 e. The summed E-state index contributed by atoms with van der Waals surface area (Å²) in [5, 5.41) is 6.58. The molecule has 0 aliphatic heterocycles. The molecule has 2 N–H and O–H groups in total. The molecule has 1 heterocycles. The summed E-state index contributed by atoms with van der Waals surface area (Å²) in [7, 11) is 1.66. The van der Waals surface area contributed by atoms with Crippen molar-refractivity contribution < 1.29 is 4.74 Å². The summed E-state index contributed by atoms with van der Waals surface area (Å²) in [4.78, 5) is 8.82. The highest BCUT2D eigenvalue weighted by Gasteiger charge is 2.20. The molecule has 100 valence electrons. The normalized spacial score (nSPS) is 14.6. The Morgan fingerprint density at radius 3 is 2.61 bits per heavy atom. The molecule has 1 saturated carbocycles. The molecule has 2 rings (SSSR count). The zero-order valence-corrected chi connectivity index (χ0v) is 11.2. The first-order valence-corrected chi connectivity index (χ1v) is 6.66. The Morgan fingerprint density at radius 1 is 1.28 bits per heavy atom. The number of methoxy groups -OCH3 is 1. The van der Waals surface area contributed by atoms with Crippen LogP contribution in [0.4, 0.5) is 11.6 Å². The number of anilines is 2. The average molecular weight is 250 g/mol. The fraction of sp³-hybridized carbons (Fsp3) is 0.692. The maximum atomic E-state index is 5.09. The number of ether oxygens (including phenoxy) is 1. The molecule has 0 radical (unpaired) electrons. The van der Waals surface area contributed by atoms with Crippen molar-refractivity contribution in [3.05, 3.63) is 11.9 Å². The molecule has 0 unspecified atom stereocenters. The lowest BCUT2D eigenvalue weighted by atomic mass is 10.3. The van der Waals surface area contributed by atoms with Crippen LogP contribution in [0.15, 0.2) is 6.07 Å². The van der Waals surface area contributed by atoms with Crippen LogP contribution in [0, 0.1) is 5.92 Å². The van der Waals surface area contributed by atoms with E-state index in [1.165, 1.54) is 19.3 Å². The third kappa shape index (κ3) is 4.14. The molecule has 1 aromatic rings. The van der Waals surface area contributed by atoms with Gasteiger partial charge >= 0.3 is 0 Å². The molecule has 0 bridgehead atoms. The Morgan fingerprint density at radius 2 is 2.00 bits per heavy atom. The van der Waals surface area contributed by atoms with E-state index >= 15 is 0 Å². The summed E-state index contributed by atoms with van der Waals surface area (Å²) >= 11 is 0. The van der Waals surface area contributed by atoms with Crippen LogP contribution in [0.5, 0.6) is 0 Å². The Kier molecular flexibility index (Phi) is 4.75. The van der Waals surface area contributed by atoms with Crippen LogP contribution in [0.2, 0.25) is 0 Å². The quantitative estimate of drug-likeness (QED) is 0.741. The predicted octanol–water partition coefficient (Wildman–Crippen LogP) is 2.27. The van der Waals surface area contributed by atoms with Gasteiger partial charge in [0.1, 0.15) is 18.2 Å². The number of nitrogens with zero attached hydrogens (tertiary/aromatic N) is 2. The molecule has 0 saturated heterocycles. The lowest BCUT2D eigenvalue weighted by Crippen LogP contribution is -2.09. The monoisotopic (exact) mass is 250 g/mol. The molecule has 0 spiro atoms. The van der Waals surface area contributed by atoms with Gasteiger partial charge in [0.2, 0.25) is 0 Å². The van der Waals surface area contributed by atoms with E-state index in [0.717, 1.165) is 30.6 Å². The highest BCUT2D eigenvalue weighted by Crippen LogP contribution is 2.32. The van der Waals surface area contributed by atoms with Crippen molar-refractivity contribution in [3.8, 4) is 0 Å². The summed E-state index contributed by atoms with van der Waals surface area (Å²) in [5.41, 5.74) is 0. The van der Waals surface area contributed by atoms with Gasteiger partial charge in [-0.05, 0) is 19.3 Å². The van der Waals surface area contributed by atoms with E-state index in [1.54, 1.807) is 7.11 Å². The van der Waals surface area contributed by atoms with Crippen LogP contribution in [0.3, 0.4) is 0 Å². The zero-order valence-electron chi connectivity index (χ0n) is 11.2. The minimum absolute atomic E-state index is 0.441. The van der Waals surface area contributed by atoms with E-state index in [-0.39, 0.29) is 0 Å². The standard InChI is InChI=1S/C13H22N4O/c1-3-14-11-8-12(15-7-6-10-4-5-10)17-13(16-11)9-18-2/h8,10H,3-7,9H2,1-2H3,(H2,14,15,16,17). The lowest BCUT2D eigenvalue weighted by Gasteiger charge is -2.10. The van der Waals surface area contributed by atoms with Crippen LogP contribution in [0.1, 0.15) is 32.0 Å². The summed E-state index contributed by atoms with van der Waals surface area (Å²) in [6, 6.07) is 1.95. The molecule has 1 aliphatic carbocycles. The first kappa shape index (κ1) is 13.1. The fourth-order valence-electron chi connectivity index (χ4n) is 1.86. The van der Waals surface area contributed by atoms with Gasteiger partial charge in [0.05, 0.1) is 0 Å². The van der Waals surface area contributed by atoms with E-state index in [9.17, 15) is 0 Å². The number of hydrogen-bond donors (Lipinski definition) is 2. The Labute approximate surface area is 108 Å². The molecule has 1 aliphatic rings. The van der Waals surface area contributed by atoms with Crippen molar-refractivity contribution in [2.75, 3.05) is 30.8 Å². The smallest absolute Gasteiger partial charge is 0.158 e. The third-order valence-corrected chi connectivity index (χ3v) is 2.96. The van der Waals surface area contributed by atoms with E-state index in [4.69, 9.17) is 4.74 Å². The van der Waals surface area contributed by atoms with Gasteiger partial charge in [0.25, 0.3) is 0 Å². The maximum absolute atomic E-state index is 5.09. The van der Waals surface area contributed by atoms with Gasteiger partial charge in [0, 0.05) is 26.3 Å². The van der Waals surface area contributed by atoms with Crippen LogP contribution >= 0.6 is 0 Å². The number of aromatic nitrogens is 2. The van der Waals surface area contributed by atoms with Crippen LogP contribution in [0.25, 0.3) is 0 Å². The second-order valence-corrected chi connectivity index (χ2v) is 4.68. The van der Waals surface area contributed by atoms with Gasteiger partial charge in [-0.3, -0.25) is 0 Å². The molecule has 0 amide bonds. The topological polar surface area (TPSA) is 59.1 Å². The minimum atomic E-state index is 0.441. The highest BCUT2D eigenvalue weighted by atomic mass is 16.5. The third-order valence-electron chi connectivity index (χ3n) is 2.96. The maximum Gasteiger partial charge on any atom is 0.158 e. The number of rotatable bonds is 8. The van der Waals surface area contributed by atoms with Crippen molar-refractivity contribution in [1.29, 1.82) is 0 Å². The van der Waals surface area contributed by atoms with Gasteiger partial charge < -0.3 is 15.4 Å². The highest BCUT2D eigenvalue weighted by molar-refractivity contribution is 5.47. The van der Waals surface area contributed by atoms with E-state index in [1.807, 2.05) is 6.07 Å². The first-order chi connectivity index (χ1) is 8.81. The van der Waals surface area contributed by atoms with Crippen LogP contribution in [-0.4, -0.2) is 30.2 Å². The SMILES string of the molecule is CCNc1cc(NCCC2CC2)nc(COC)n1. The molecule has 0 aromatic carbocycles. The van der Waals surface area contributed by atoms with Crippen molar-refractivity contribution in [3.63, 3.8) is 0 Å². The zero-order chi connectivity index (χ0) is 12.8. The average Bonchev–Trinajstić information content (AvgIpc) is 3.14. The van der Waals surface area contributed by atoms with Crippen molar-refractivity contribution in [1.82, 2.24) is 9.97 Å². The van der Waals surface area contributed by atoms with Crippen molar-refractivity contribution >= 4 is 11.6 Å². The number of nitrogens with one attached hydrogen (secondary N) is 2. The molecule has 5 nitrogen and oxygen atoms in total. The van der Waals surface area contributed by atoms with Gasteiger partial charge in [-0.25, -0.2) is 9.97 Å². The Hall–Kier alpha value is -1.36.